The van der Waals surface area contributed by atoms with Gasteiger partial charge in [0.15, 0.2) is 0 Å². The maximum atomic E-state index is 12.9. The summed E-state index contributed by atoms with van der Waals surface area (Å²) in [6.45, 7) is 0.936. The Hall–Kier alpha value is -2.45. The van der Waals surface area contributed by atoms with Crippen molar-refractivity contribution in [2.75, 3.05) is 20.2 Å². The molecular weight excluding hydrogens is 378 g/mol. The van der Waals surface area contributed by atoms with Crippen molar-refractivity contribution >= 4 is 15.9 Å². The summed E-state index contributed by atoms with van der Waals surface area (Å²) in [6, 6.07) is 9.95. The second-order valence-electron chi connectivity index (χ2n) is 7.41. The number of carbonyl (C=O) groups excluding carboxylic acids is 1. The van der Waals surface area contributed by atoms with Crippen molar-refractivity contribution in [2.45, 2.75) is 30.2 Å². The van der Waals surface area contributed by atoms with Crippen LogP contribution in [0.2, 0.25) is 0 Å². The number of nitrogens with zero attached hydrogens (tertiary/aromatic N) is 2. The van der Waals surface area contributed by atoms with Crippen LogP contribution in [0.4, 0.5) is 0 Å². The number of nitrogens with one attached hydrogen (secondary N) is 1. The minimum absolute atomic E-state index is 0.0224. The monoisotopic (exact) mass is 401 g/mol. The summed E-state index contributed by atoms with van der Waals surface area (Å²) in [5, 5.41) is 3.08. The number of amides is 1. The highest BCUT2D eigenvalue weighted by atomic mass is 32.2. The Kier molecular flexibility index (Phi) is 4.84. The zero-order valence-corrected chi connectivity index (χ0v) is 16.5. The molecule has 1 unspecified atom stereocenters. The third-order valence-electron chi connectivity index (χ3n) is 5.85. The van der Waals surface area contributed by atoms with Crippen LogP contribution >= 0.6 is 0 Å². The maximum absolute atomic E-state index is 12.9. The Morgan fingerprint density at radius 3 is 2.39 bits per heavy atom. The van der Waals surface area contributed by atoms with Crippen molar-refractivity contribution in [3.05, 3.63) is 54.4 Å². The molecule has 2 aromatic rings. The maximum Gasteiger partial charge on any atom is 0.251 e. The van der Waals surface area contributed by atoms with Crippen molar-refractivity contribution in [1.29, 1.82) is 0 Å². The zero-order chi connectivity index (χ0) is 19.8. The van der Waals surface area contributed by atoms with Gasteiger partial charge in [-0.3, -0.25) is 9.78 Å². The van der Waals surface area contributed by atoms with E-state index in [1.807, 2.05) is 0 Å². The molecule has 1 aromatic heterocycles. The topological polar surface area (TPSA) is 88.6 Å². The number of ether oxygens (including phenoxy) is 1. The second kappa shape index (κ2) is 7.18. The summed E-state index contributed by atoms with van der Waals surface area (Å²) in [5.41, 5.74) is 0.616. The van der Waals surface area contributed by atoms with Crippen LogP contribution in [0.1, 0.15) is 29.6 Å². The molecule has 1 spiro atoms. The molecular formula is C20H23N3O4S. The Labute approximate surface area is 164 Å². The van der Waals surface area contributed by atoms with Gasteiger partial charge >= 0.3 is 0 Å². The number of hydrogen-bond acceptors (Lipinski definition) is 5. The van der Waals surface area contributed by atoms with Gasteiger partial charge in [0.25, 0.3) is 5.91 Å². The quantitative estimate of drug-likeness (QED) is 0.829. The SMILES string of the molecule is COc1ccc(S(=O)(=O)N2CCC3(CC2)CC3NC(=O)c2ccncc2)cc1. The fraction of sp³-hybridized carbons (Fsp3) is 0.400. The van der Waals surface area contributed by atoms with Gasteiger partial charge in [-0.05, 0) is 61.1 Å². The van der Waals surface area contributed by atoms with Gasteiger partial charge < -0.3 is 10.1 Å². The standard InChI is InChI=1S/C20H23N3O4S/c1-27-16-2-4-17(5-3-16)28(25,26)23-12-8-20(9-13-23)14-18(20)22-19(24)15-6-10-21-11-7-15/h2-7,10-11,18H,8-9,12-14H2,1H3,(H,22,24). The van der Waals surface area contributed by atoms with Crippen LogP contribution in [0.5, 0.6) is 5.75 Å². The Balaban J connectivity index is 1.36. The molecule has 1 aliphatic heterocycles. The van der Waals surface area contributed by atoms with Crippen LogP contribution in [-0.4, -0.2) is 49.9 Å². The Morgan fingerprint density at radius 1 is 1.14 bits per heavy atom. The number of carbonyl (C=O) groups is 1. The highest BCUT2D eigenvalue weighted by Crippen LogP contribution is 2.54. The molecule has 4 rings (SSSR count). The number of sulfonamides is 1. The number of aromatic nitrogens is 1. The van der Waals surface area contributed by atoms with E-state index in [0.717, 1.165) is 19.3 Å². The molecule has 28 heavy (non-hydrogen) atoms. The van der Waals surface area contributed by atoms with E-state index in [9.17, 15) is 13.2 Å². The van der Waals surface area contributed by atoms with E-state index in [1.54, 1.807) is 60.2 Å². The van der Waals surface area contributed by atoms with Gasteiger partial charge in [-0.25, -0.2) is 8.42 Å². The molecule has 7 nitrogen and oxygen atoms in total. The molecule has 1 aliphatic carbocycles. The number of hydrogen-bond donors (Lipinski definition) is 1. The molecule has 1 aromatic carbocycles. The molecule has 0 radical (unpaired) electrons. The first-order valence-electron chi connectivity index (χ1n) is 9.30. The van der Waals surface area contributed by atoms with Gasteiger partial charge in [-0.15, -0.1) is 0 Å². The molecule has 2 aliphatic rings. The summed E-state index contributed by atoms with van der Waals surface area (Å²) in [7, 11) is -1.96. The van der Waals surface area contributed by atoms with E-state index in [1.165, 1.54) is 0 Å². The summed E-state index contributed by atoms with van der Waals surface area (Å²) in [4.78, 5) is 16.5. The Morgan fingerprint density at radius 2 is 1.79 bits per heavy atom. The smallest absolute Gasteiger partial charge is 0.251 e. The van der Waals surface area contributed by atoms with Gasteiger partial charge in [-0.1, -0.05) is 0 Å². The molecule has 148 valence electrons. The fourth-order valence-electron chi connectivity index (χ4n) is 3.92. The zero-order valence-electron chi connectivity index (χ0n) is 15.7. The van der Waals surface area contributed by atoms with E-state index in [-0.39, 0.29) is 22.3 Å². The largest absolute Gasteiger partial charge is 0.497 e. The summed E-state index contributed by atoms with van der Waals surface area (Å²) < 4.78 is 32.4. The molecule has 1 N–H and O–H groups in total. The summed E-state index contributed by atoms with van der Waals surface area (Å²) in [6.07, 6.45) is 5.60. The number of pyridine rings is 1. The molecule has 1 saturated heterocycles. The van der Waals surface area contributed by atoms with Crippen molar-refractivity contribution in [3.8, 4) is 5.75 Å². The van der Waals surface area contributed by atoms with Crippen molar-refractivity contribution in [1.82, 2.24) is 14.6 Å². The second-order valence-corrected chi connectivity index (χ2v) is 9.35. The number of benzene rings is 1. The Bertz CT molecular complexity index is 953. The molecule has 1 amide bonds. The number of piperidine rings is 1. The van der Waals surface area contributed by atoms with Gasteiger partial charge in [0.2, 0.25) is 10.0 Å². The van der Waals surface area contributed by atoms with Crippen molar-refractivity contribution in [2.24, 2.45) is 5.41 Å². The van der Waals surface area contributed by atoms with Crippen LogP contribution in [0.3, 0.4) is 0 Å². The summed E-state index contributed by atoms with van der Waals surface area (Å²) in [5.74, 6) is 0.528. The number of rotatable bonds is 5. The third kappa shape index (κ3) is 3.49. The predicted molar refractivity (Wildman–Crippen MR) is 104 cm³/mol. The lowest BCUT2D eigenvalue weighted by atomic mass is 9.94. The average molecular weight is 401 g/mol. The molecule has 1 saturated carbocycles. The normalized spacial score (nSPS) is 21.2. The molecule has 2 fully saturated rings. The van der Waals surface area contributed by atoms with Crippen LogP contribution in [-0.2, 0) is 10.0 Å². The van der Waals surface area contributed by atoms with Crippen LogP contribution in [0, 0.1) is 5.41 Å². The fourth-order valence-corrected chi connectivity index (χ4v) is 5.36. The molecule has 1 atom stereocenters. The van der Waals surface area contributed by atoms with E-state index >= 15 is 0 Å². The van der Waals surface area contributed by atoms with Crippen molar-refractivity contribution in [3.63, 3.8) is 0 Å². The van der Waals surface area contributed by atoms with Gasteiger partial charge in [0.05, 0.1) is 12.0 Å². The summed E-state index contributed by atoms with van der Waals surface area (Å²) >= 11 is 0. The predicted octanol–water partition coefficient (Wildman–Crippen LogP) is 2.06. The van der Waals surface area contributed by atoms with E-state index < -0.39 is 10.0 Å². The molecule has 0 bridgehead atoms. The first-order valence-corrected chi connectivity index (χ1v) is 10.7. The van der Waals surface area contributed by atoms with E-state index in [4.69, 9.17) is 4.74 Å². The van der Waals surface area contributed by atoms with Gasteiger partial charge in [0.1, 0.15) is 5.75 Å². The molecule has 8 heteroatoms. The van der Waals surface area contributed by atoms with E-state index in [2.05, 4.69) is 10.3 Å². The molecule has 2 heterocycles. The first kappa shape index (κ1) is 18.9. The van der Waals surface area contributed by atoms with E-state index in [0.29, 0.717) is 24.4 Å². The highest BCUT2D eigenvalue weighted by molar-refractivity contribution is 7.89. The first-order chi connectivity index (χ1) is 13.4. The van der Waals surface area contributed by atoms with Gasteiger partial charge in [0, 0.05) is 37.1 Å². The number of methoxy groups -OCH3 is 1. The lowest BCUT2D eigenvalue weighted by molar-refractivity contribution is 0.0940. The van der Waals surface area contributed by atoms with Crippen LogP contribution in [0.25, 0.3) is 0 Å². The van der Waals surface area contributed by atoms with Crippen LogP contribution in [0.15, 0.2) is 53.7 Å². The lowest BCUT2D eigenvalue weighted by Gasteiger charge is -2.32. The minimum Gasteiger partial charge on any atom is -0.497 e. The lowest BCUT2D eigenvalue weighted by Crippen LogP contribution is -2.41. The third-order valence-corrected chi connectivity index (χ3v) is 7.77. The van der Waals surface area contributed by atoms with Crippen LogP contribution < -0.4 is 10.1 Å². The van der Waals surface area contributed by atoms with Gasteiger partial charge in [-0.2, -0.15) is 4.31 Å². The highest BCUT2D eigenvalue weighted by Gasteiger charge is 2.56. The average Bonchev–Trinajstić information content (AvgIpc) is 3.39. The van der Waals surface area contributed by atoms with Crippen molar-refractivity contribution < 1.29 is 17.9 Å². The minimum atomic E-state index is -3.51.